The second-order valence-corrected chi connectivity index (χ2v) is 7.34. The van der Waals surface area contributed by atoms with Crippen LogP contribution in [0, 0.1) is 5.92 Å². The Morgan fingerprint density at radius 3 is 2.48 bits per heavy atom. The van der Waals surface area contributed by atoms with Gasteiger partial charge in [0, 0.05) is 29.0 Å². The maximum absolute atomic E-state index is 6.45. The summed E-state index contributed by atoms with van der Waals surface area (Å²) in [4.78, 5) is 4.18. The summed E-state index contributed by atoms with van der Waals surface area (Å²) in [5.41, 5.74) is 2.52. The van der Waals surface area contributed by atoms with Gasteiger partial charge in [-0.25, -0.2) is 4.98 Å². The molecule has 0 saturated carbocycles. The number of hydrogen-bond donors (Lipinski definition) is 0. The number of imidazole rings is 1. The molecule has 2 nitrogen and oxygen atoms in total. The second-order valence-electron chi connectivity index (χ2n) is 6.49. The molecule has 1 heterocycles. The average Bonchev–Trinajstić information content (AvgIpc) is 3.13. The summed E-state index contributed by atoms with van der Waals surface area (Å²) in [5.74, 6) is 0.827. The fourth-order valence-electron chi connectivity index (χ4n) is 3.27. The molecule has 2 atom stereocenters. The van der Waals surface area contributed by atoms with E-state index in [2.05, 4.69) is 40.7 Å². The van der Waals surface area contributed by atoms with Crippen LogP contribution >= 0.6 is 23.2 Å². The van der Waals surface area contributed by atoms with Gasteiger partial charge in [-0.05, 0) is 54.0 Å². The average molecular weight is 373 g/mol. The van der Waals surface area contributed by atoms with Gasteiger partial charge in [-0.15, -0.1) is 0 Å². The van der Waals surface area contributed by atoms with Crippen LogP contribution in [0.15, 0.2) is 67.3 Å². The zero-order chi connectivity index (χ0) is 17.6. The molecule has 0 aliphatic rings. The molecule has 3 aromatic rings. The number of aromatic nitrogens is 2. The van der Waals surface area contributed by atoms with Gasteiger partial charge in [0.25, 0.3) is 0 Å². The quantitative estimate of drug-likeness (QED) is 0.479. The normalized spacial score (nSPS) is 13.6. The molecule has 2 aromatic carbocycles. The molecule has 1 aromatic heterocycles. The van der Waals surface area contributed by atoms with Crippen molar-refractivity contribution in [1.82, 2.24) is 9.55 Å². The van der Waals surface area contributed by atoms with E-state index in [1.165, 1.54) is 11.1 Å². The molecule has 0 spiro atoms. The van der Waals surface area contributed by atoms with Crippen molar-refractivity contribution in [3.8, 4) is 0 Å². The Bertz CT molecular complexity index is 782. The van der Waals surface area contributed by atoms with Gasteiger partial charge < -0.3 is 4.57 Å². The zero-order valence-electron chi connectivity index (χ0n) is 14.3. The van der Waals surface area contributed by atoms with E-state index < -0.39 is 0 Å². The predicted octanol–water partition coefficient (Wildman–Crippen LogP) is 6.24. The van der Waals surface area contributed by atoms with Crippen molar-refractivity contribution in [1.29, 1.82) is 0 Å². The standard InChI is InChI=1S/C21H22Cl2N2/c1-16(20-4-2-3-5-21(20)23)18(14-25-13-12-24-15-25)9-6-17-7-10-19(22)11-8-17/h2-5,7-8,10-13,15-16,18H,6,9,14H2,1H3. The SMILES string of the molecule is CC(c1ccccc1Cl)C(CCc1ccc(Cl)cc1)Cn1ccnc1. The van der Waals surface area contributed by atoms with Gasteiger partial charge >= 0.3 is 0 Å². The summed E-state index contributed by atoms with van der Waals surface area (Å²) >= 11 is 12.4. The monoisotopic (exact) mass is 372 g/mol. The molecule has 0 aliphatic heterocycles. The molecule has 0 amide bonds. The van der Waals surface area contributed by atoms with Gasteiger partial charge in [-0.3, -0.25) is 0 Å². The van der Waals surface area contributed by atoms with E-state index in [-0.39, 0.29) is 0 Å². The molecule has 0 N–H and O–H groups in total. The lowest BCUT2D eigenvalue weighted by Crippen LogP contribution is -2.18. The van der Waals surface area contributed by atoms with Crippen molar-refractivity contribution in [3.05, 3.63) is 88.4 Å². The summed E-state index contributed by atoms with van der Waals surface area (Å²) in [6.45, 7) is 3.20. The largest absolute Gasteiger partial charge is 0.337 e. The van der Waals surface area contributed by atoms with Gasteiger partial charge in [0.15, 0.2) is 0 Å². The predicted molar refractivity (Wildman–Crippen MR) is 105 cm³/mol. The van der Waals surface area contributed by atoms with Crippen LogP contribution in [0.1, 0.15) is 30.4 Å². The van der Waals surface area contributed by atoms with Crippen LogP contribution in [-0.4, -0.2) is 9.55 Å². The van der Waals surface area contributed by atoms with E-state index in [0.717, 1.165) is 29.4 Å². The van der Waals surface area contributed by atoms with Gasteiger partial charge in [-0.1, -0.05) is 60.5 Å². The van der Waals surface area contributed by atoms with Crippen LogP contribution in [0.4, 0.5) is 0 Å². The van der Waals surface area contributed by atoms with E-state index >= 15 is 0 Å². The van der Waals surface area contributed by atoms with E-state index in [9.17, 15) is 0 Å². The van der Waals surface area contributed by atoms with Crippen molar-refractivity contribution in [2.45, 2.75) is 32.2 Å². The minimum absolute atomic E-state index is 0.364. The summed E-state index contributed by atoms with van der Waals surface area (Å²) in [5, 5.41) is 1.63. The highest BCUT2D eigenvalue weighted by atomic mass is 35.5. The summed E-state index contributed by atoms with van der Waals surface area (Å²) < 4.78 is 2.15. The number of halogens is 2. The highest BCUT2D eigenvalue weighted by molar-refractivity contribution is 6.31. The summed E-state index contributed by atoms with van der Waals surface area (Å²) in [6, 6.07) is 16.3. The topological polar surface area (TPSA) is 17.8 Å². The Morgan fingerprint density at radius 2 is 1.80 bits per heavy atom. The van der Waals surface area contributed by atoms with Crippen molar-refractivity contribution in [2.75, 3.05) is 0 Å². The Hall–Kier alpha value is -1.77. The molecule has 25 heavy (non-hydrogen) atoms. The third-order valence-corrected chi connectivity index (χ3v) is 5.42. The van der Waals surface area contributed by atoms with Crippen molar-refractivity contribution < 1.29 is 0 Å². The lowest BCUT2D eigenvalue weighted by atomic mass is 9.83. The fourth-order valence-corrected chi connectivity index (χ4v) is 3.70. The molecule has 4 heteroatoms. The van der Waals surface area contributed by atoms with E-state index in [1.54, 1.807) is 0 Å². The molecule has 3 rings (SSSR count). The summed E-state index contributed by atoms with van der Waals surface area (Å²) in [7, 11) is 0. The first-order valence-electron chi connectivity index (χ1n) is 8.58. The Kier molecular flexibility index (Phi) is 6.17. The number of aryl methyl sites for hydroxylation is 1. The number of benzene rings is 2. The molecular formula is C21H22Cl2N2. The highest BCUT2D eigenvalue weighted by Crippen LogP contribution is 2.33. The third kappa shape index (κ3) is 4.87. The molecular weight excluding hydrogens is 351 g/mol. The lowest BCUT2D eigenvalue weighted by Gasteiger charge is -2.26. The zero-order valence-corrected chi connectivity index (χ0v) is 15.8. The van der Waals surface area contributed by atoms with Crippen LogP contribution in [0.5, 0.6) is 0 Å². The van der Waals surface area contributed by atoms with Gasteiger partial charge in [0.1, 0.15) is 0 Å². The van der Waals surface area contributed by atoms with Gasteiger partial charge in [0.05, 0.1) is 6.33 Å². The minimum Gasteiger partial charge on any atom is -0.337 e. The van der Waals surface area contributed by atoms with Crippen molar-refractivity contribution in [3.63, 3.8) is 0 Å². The molecule has 130 valence electrons. The number of rotatable bonds is 7. The smallest absolute Gasteiger partial charge is 0.0946 e. The van der Waals surface area contributed by atoms with E-state index in [1.807, 2.05) is 43.0 Å². The molecule has 2 unspecified atom stereocenters. The maximum atomic E-state index is 6.45. The molecule has 0 saturated heterocycles. The van der Waals surface area contributed by atoms with Crippen molar-refractivity contribution >= 4 is 23.2 Å². The van der Waals surface area contributed by atoms with Crippen LogP contribution in [-0.2, 0) is 13.0 Å². The first-order valence-corrected chi connectivity index (χ1v) is 9.33. The Morgan fingerprint density at radius 1 is 1.04 bits per heavy atom. The van der Waals surface area contributed by atoms with Crippen molar-refractivity contribution in [2.24, 2.45) is 5.92 Å². The molecule has 0 bridgehead atoms. The van der Waals surface area contributed by atoms with Crippen LogP contribution in [0.3, 0.4) is 0 Å². The number of hydrogen-bond acceptors (Lipinski definition) is 1. The molecule has 0 radical (unpaired) electrons. The van der Waals surface area contributed by atoms with Gasteiger partial charge in [-0.2, -0.15) is 0 Å². The second kappa shape index (κ2) is 8.55. The maximum Gasteiger partial charge on any atom is 0.0946 e. The first-order chi connectivity index (χ1) is 12.1. The first kappa shape index (κ1) is 18.0. The minimum atomic E-state index is 0.364. The Balaban J connectivity index is 1.76. The third-order valence-electron chi connectivity index (χ3n) is 4.82. The Labute approximate surface area is 159 Å². The van der Waals surface area contributed by atoms with Crippen LogP contribution < -0.4 is 0 Å². The fraction of sp³-hybridized carbons (Fsp3) is 0.286. The van der Waals surface area contributed by atoms with Gasteiger partial charge in [0.2, 0.25) is 0 Å². The lowest BCUT2D eigenvalue weighted by molar-refractivity contribution is 0.359. The molecule has 0 fully saturated rings. The summed E-state index contributed by atoms with van der Waals surface area (Å²) in [6.07, 6.45) is 7.83. The molecule has 0 aliphatic carbocycles. The van der Waals surface area contributed by atoms with Crippen LogP contribution in [0.25, 0.3) is 0 Å². The van der Waals surface area contributed by atoms with E-state index in [4.69, 9.17) is 23.2 Å². The highest BCUT2D eigenvalue weighted by Gasteiger charge is 2.21. The number of nitrogens with zero attached hydrogens (tertiary/aromatic N) is 2. The van der Waals surface area contributed by atoms with Crippen LogP contribution in [0.2, 0.25) is 10.0 Å². The van der Waals surface area contributed by atoms with E-state index in [0.29, 0.717) is 11.8 Å².